The number of piperidine rings is 1. The Morgan fingerprint density at radius 3 is 2.31 bits per heavy atom. The van der Waals surface area contributed by atoms with Crippen molar-refractivity contribution in [3.8, 4) is 0 Å². The van der Waals surface area contributed by atoms with E-state index >= 15 is 0 Å². The van der Waals surface area contributed by atoms with Gasteiger partial charge in [-0.1, -0.05) is 13.8 Å². The van der Waals surface area contributed by atoms with Gasteiger partial charge in [0.25, 0.3) is 0 Å². The van der Waals surface area contributed by atoms with Gasteiger partial charge in [-0.05, 0) is 38.3 Å². The number of carboxylic acids is 1. The van der Waals surface area contributed by atoms with Crippen LogP contribution in [0.25, 0.3) is 0 Å². The Labute approximate surface area is 97.6 Å². The van der Waals surface area contributed by atoms with E-state index in [4.69, 9.17) is 4.74 Å². The summed E-state index contributed by atoms with van der Waals surface area (Å²) in [7, 11) is 1.55. The molecule has 0 amide bonds. The van der Waals surface area contributed by atoms with E-state index < -0.39 is 11.5 Å². The summed E-state index contributed by atoms with van der Waals surface area (Å²) >= 11 is 0. The highest BCUT2D eigenvalue weighted by Gasteiger charge is 2.42. The molecule has 1 N–H and O–H groups in total. The van der Waals surface area contributed by atoms with Crippen LogP contribution in [-0.2, 0) is 9.53 Å². The van der Waals surface area contributed by atoms with Crippen LogP contribution in [0.1, 0.15) is 33.6 Å². The molecule has 1 unspecified atom stereocenters. The topological polar surface area (TPSA) is 49.8 Å². The summed E-state index contributed by atoms with van der Waals surface area (Å²) in [5.41, 5.74) is -0.547. The molecule has 4 heteroatoms. The number of carboxylic acid groups (broad SMARTS) is 1. The Morgan fingerprint density at radius 1 is 1.44 bits per heavy atom. The minimum absolute atomic E-state index is 0.239. The minimum atomic E-state index is -0.884. The molecule has 1 heterocycles. The zero-order chi connectivity index (χ0) is 12.4. The van der Waals surface area contributed by atoms with Gasteiger partial charge in [0, 0.05) is 7.11 Å². The molecule has 0 saturated carbocycles. The Bertz CT molecular complexity index is 255. The maximum absolute atomic E-state index is 11.4. The molecular weight excluding hydrogens is 206 g/mol. The second-order valence-corrected chi connectivity index (χ2v) is 5.66. The third-order valence-electron chi connectivity index (χ3n) is 3.70. The predicted molar refractivity (Wildman–Crippen MR) is 62.5 cm³/mol. The molecule has 1 aliphatic rings. The van der Waals surface area contributed by atoms with Crippen molar-refractivity contribution in [3.05, 3.63) is 0 Å². The van der Waals surface area contributed by atoms with Gasteiger partial charge in [-0.15, -0.1) is 0 Å². The Kier molecular flexibility index (Phi) is 3.97. The molecule has 0 bridgehead atoms. The van der Waals surface area contributed by atoms with Crippen LogP contribution in [-0.4, -0.2) is 48.3 Å². The molecule has 94 valence electrons. The third kappa shape index (κ3) is 2.74. The van der Waals surface area contributed by atoms with Crippen LogP contribution in [0.5, 0.6) is 0 Å². The molecule has 1 fully saturated rings. The molecule has 0 radical (unpaired) electrons. The summed E-state index contributed by atoms with van der Waals surface area (Å²) in [6, 6.07) is 0. The van der Waals surface area contributed by atoms with Crippen molar-refractivity contribution in [2.45, 2.75) is 39.2 Å². The Balaban J connectivity index is 2.71. The van der Waals surface area contributed by atoms with Crippen molar-refractivity contribution >= 4 is 5.97 Å². The van der Waals surface area contributed by atoms with Gasteiger partial charge in [0.05, 0.1) is 6.61 Å². The summed E-state index contributed by atoms with van der Waals surface area (Å²) in [5, 5.41) is 9.32. The van der Waals surface area contributed by atoms with E-state index in [0.29, 0.717) is 5.41 Å². The molecule has 1 atom stereocenters. The number of hydrogen-bond acceptors (Lipinski definition) is 3. The molecule has 0 aromatic rings. The van der Waals surface area contributed by atoms with Crippen molar-refractivity contribution in [3.63, 3.8) is 0 Å². The summed E-state index contributed by atoms with van der Waals surface area (Å²) in [5.74, 6) is -0.797. The van der Waals surface area contributed by atoms with Crippen LogP contribution in [0.2, 0.25) is 0 Å². The van der Waals surface area contributed by atoms with Crippen LogP contribution in [0.3, 0.4) is 0 Å². The number of hydrogen-bond donors (Lipinski definition) is 1. The molecule has 0 aromatic heterocycles. The second kappa shape index (κ2) is 4.72. The number of carbonyl (C=O) groups is 1. The van der Waals surface area contributed by atoms with E-state index in [0.717, 1.165) is 25.9 Å². The van der Waals surface area contributed by atoms with E-state index in [1.807, 2.05) is 4.90 Å². The van der Waals surface area contributed by atoms with Crippen molar-refractivity contribution < 1.29 is 14.6 Å². The standard InChI is InChI=1S/C12H23NO3/c1-11(2)5-7-13(8-6-11)12(3,9-16-4)10(14)15/h5-9H2,1-4H3,(H,14,15). The Hall–Kier alpha value is -0.610. The first-order valence-corrected chi connectivity index (χ1v) is 5.79. The van der Waals surface area contributed by atoms with E-state index in [-0.39, 0.29) is 6.61 Å². The zero-order valence-corrected chi connectivity index (χ0v) is 10.7. The maximum atomic E-state index is 11.4. The summed E-state index contributed by atoms with van der Waals surface area (Å²) < 4.78 is 5.05. The highest BCUT2D eigenvalue weighted by molar-refractivity contribution is 5.78. The number of nitrogens with zero attached hydrogens (tertiary/aromatic N) is 1. The second-order valence-electron chi connectivity index (χ2n) is 5.66. The zero-order valence-electron chi connectivity index (χ0n) is 10.7. The van der Waals surface area contributed by atoms with Gasteiger partial charge in [-0.3, -0.25) is 9.69 Å². The lowest BCUT2D eigenvalue weighted by molar-refractivity contribution is -0.156. The monoisotopic (exact) mass is 229 g/mol. The fourth-order valence-electron chi connectivity index (χ4n) is 2.17. The SMILES string of the molecule is COCC(C)(C(=O)O)N1CCC(C)(C)CC1. The number of aliphatic carboxylic acids is 1. The highest BCUT2D eigenvalue weighted by atomic mass is 16.5. The third-order valence-corrected chi connectivity index (χ3v) is 3.70. The minimum Gasteiger partial charge on any atom is -0.480 e. The largest absolute Gasteiger partial charge is 0.480 e. The normalized spacial score (nSPS) is 25.0. The average Bonchev–Trinajstić information content (AvgIpc) is 2.17. The molecule has 16 heavy (non-hydrogen) atoms. The molecular formula is C12H23NO3. The first kappa shape index (κ1) is 13.5. The van der Waals surface area contributed by atoms with Crippen LogP contribution in [0.4, 0.5) is 0 Å². The summed E-state index contributed by atoms with van der Waals surface area (Å²) in [6.45, 7) is 8.12. The van der Waals surface area contributed by atoms with Crippen molar-refractivity contribution in [2.75, 3.05) is 26.8 Å². The van der Waals surface area contributed by atoms with Crippen molar-refractivity contribution in [2.24, 2.45) is 5.41 Å². The number of likely N-dealkylation sites (tertiary alicyclic amines) is 1. The molecule has 0 spiro atoms. The highest BCUT2D eigenvalue weighted by Crippen LogP contribution is 2.33. The molecule has 0 aromatic carbocycles. The fourth-order valence-corrected chi connectivity index (χ4v) is 2.17. The maximum Gasteiger partial charge on any atom is 0.326 e. The summed E-state index contributed by atoms with van der Waals surface area (Å²) in [6.07, 6.45) is 2.08. The predicted octanol–water partition coefficient (Wildman–Crippen LogP) is 1.60. The van der Waals surface area contributed by atoms with Gasteiger partial charge < -0.3 is 9.84 Å². The lowest BCUT2D eigenvalue weighted by Crippen LogP contribution is -2.58. The lowest BCUT2D eigenvalue weighted by Gasteiger charge is -2.44. The van der Waals surface area contributed by atoms with Crippen LogP contribution in [0, 0.1) is 5.41 Å². The number of ether oxygens (including phenoxy) is 1. The lowest BCUT2D eigenvalue weighted by atomic mass is 9.81. The molecule has 1 aliphatic heterocycles. The molecule has 1 rings (SSSR count). The van der Waals surface area contributed by atoms with E-state index in [1.165, 1.54) is 0 Å². The van der Waals surface area contributed by atoms with Gasteiger partial charge in [-0.2, -0.15) is 0 Å². The Morgan fingerprint density at radius 2 is 1.94 bits per heavy atom. The molecule has 1 saturated heterocycles. The smallest absolute Gasteiger partial charge is 0.326 e. The van der Waals surface area contributed by atoms with E-state index in [2.05, 4.69) is 13.8 Å². The average molecular weight is 229 g/mol. The quantitative estimate of drug-likeness (QED) is 0.795. The molecule has 0 aliphatic carbocycles. The van der Waals surface area contributed by atoms with Gasteiger partial charge in [0.2, 0.25) is 0 Å². The van der Waals surface area contributed by atoms with Gasteiger partial charge in [-0.25, -0.2) is 0 Å². The van der Waals surface area contributed by atoms with Crippen molar-refractivity contribution in [1.82, 2.24) is 4.90 Å². The fraction of sp³-hybridized carbons (Fsp3) is 0.917. The van der Waals surface area contributed by atoms with Gasteiger partial charge >= 0.3 is 5.97 Å². The van der Waals surface area contributed by atoms with Crippen LogP contribution >= 0.6 is 0 Å². The van der Waals surface area contributed by atoms with E-state index in [9.17, 15) is 9.90 Å². The first-order chi connectivity index (χ1) is 7.32. The van der Waals surface area contributed by atoms with Crippen molar-refractivity contribution in [1.29, 1.82) is 0 Å². The first-order valence-electron chi connectivity index (χ1n) is 5.79. The summed E-state index contributed by atoms with van der Waals surface area (Å²) in [4.78, 5) is 13.4. The van der Waals surface area contributed by atoms with Crippen LogP contribution < -0.4 is 0 Å². The van der Waals surface area contributed by atoms with E-state index in [1.54, 1.807) is 14.0 Å². The number of methoxy groups -OCH3 is 1. The van der Waals surface area contributed by atoms with Crippen LogP contribution in [0.15, 0.2) is 0 Å². The number of rotatable bonds is 4. The molecule has 4 nitrogen and oxygen atoms in total. The van der Waals surface area contributed by atoms with Gasteiger partial charge in [0.15, 0.2) is 0 Å². The van der Waals surface area contributed by atoms with Gasteiger partial charge in [0.1, 0.15) is 5.54 Å².